The Hall–Kier alpha value is -2.93. The van der Waals surface area contributed by atoms with Gasteiger partial charge in [0, 0.05) is 29.6 Å². The van der Waals surface area contributed by atoms with Crippen molar-refractivity contribution in [3.63, 3.8) is 0 Å². The van der Waals surface area contributed by atoms with Crippen molar-refractivity contribution in [2.45, 2.75) is 37.6 Å². The third-order valence-electron chi connectivity index (χ3n) is 7.23. The lowest BCUT2D eigenvalue weighted by Gasteiger charge is -2.59. The van der Waals surface area contributed by atoms with Crippen LogP contribution < -0.4 is 0 Å². The first-order valence-corrected chi connectivity index (χ1v) is 11.5. The van der Waals surface area contributed by atoms with E-state index in [4.69, 9.17) is 11.6 Å². The van der Waals surface area contributed by atoms with Crippen LogP contribution in [0.25, 0.3) is 11.3 Å². The molecule has 3 fully saturated rings. The van der Waals surface area contributed by atoms with Gasteiger partial charge in [0.2, 0.25) is 0 Å². The molecule has 2 saturated carbocycles. The van der Waals surface area contributed by atoms with Crippen LogP contribution in [0.5, 0.6) is 5.75 Å². The minimum absolute atomic E-state index is 0.0116. The molecule has 1 N–H and O–H groups in total. The van der Waals surface area contributed by atoms with Crippen LogP contribution in [0.4, 0.5) is 8.78 Å². The molecule has 33 heavy (non-hydrogen) atoms. The van der Waals surface area contributed by atoms with E-state index in [1.54, 1.807) is 11.0 Å². The van der Waals surface area contributed by atoms with E-state index in [-0.39, 0.29) is 28.6 Å². The Morgan fingerprint density at radius 3 is 2.61 bits per heavy atom. The molecule has 1 aliphatic heterocycles. The monoisotopic (exact) mass is 469 g/mol. The number of carbonyl (C=O) groups is 1. The Kier molecular flexibility index (Phi) is 4.56. The van der Waals surface area contributed by atoms with Crippen LogP contribution in [0, 0.1) is 17.0 Å². The smallest absolute Gasteiger partial charge is 0.257 e. The third kappa shape index (κ3) is 3.41. The van der Waals surface area contributed by atoms with Gasteiger partial charge in [-0.15, -0.1) is 0 Å². The highest BCUT2D eigenvalue weighted by Crippen LogP contribution is 2.56. The van der Waals surface area contributed by atoms with Gasteiger partial charge in [-0.3, -0.25) is 9.48 Å². The summed E-state index contributed by atoms with van der Waals surface area (Å²) in [7, 11) is 0. The summed E-state index contributed by atoms with van der Waals surface area (Å²) < 4.78 is 30.1. The van der Waals surface area contributed by atoms with E-state index in [0.717, 1.165) is 43.0 Å². The lowest BCUT2D eigenvalue weighted by atomic mass is 9.60. The van der Waals surface area contributed by atoms with Gasteiger partial charge in [-0.05, 0) is 68.0 Å². The van der Waals surface area contributed by atoms with Gasteiger partial charge in [-0.2, -0.15) is 5.10 Å². The zero-order valence-electron chi connectivity index (χ0n) is 17.8. The molecule has 0 unspecified atom stereocenters. The third-order valence-corrected chi connectivity index (χ3v) is 7.56. The van der Waals surface area contributed by atoms with Gasteiger partial charge in [0.1, 0.15) is 17.4 Å². The number of rotatable bonds is 4. The van der Waals surface area contributed by atoms with E-state index >= 15 is 0 Å². The topological polar surface area (TPSA) is 58.4 Å². The second-order valence-corrected chi connectivity index (χ2v) is 10.1. The maximum absolute atomic E-state index is 14.0. The number of nitrogens with zero attached hydrogens (tertiary/aromatic N) is 3. The van der Waals surface area contributed by atoms with Gasteiger partial charge in [-0.25, -0.2) is 8.78 Å². The van der Waals surface area contributed by atoms with Crippen LogP contribution in [-0.4, -0.2) is 38.8 Å². The SMILES string of the molecule is O=C(c1cc(O)ccc1F)N1CC2(CC(n3ncc(C4CC4)c3-c3cc(F)ccc3Cl)C2)C1. The molecule has 2 aliphatic carbocycles. The first-order valence-electron chi connectivity index (χ1n) is 11.1. The first kappa shape index (κ1) is 20.7. The molecule has 170 valence electrons. The average Bonchev–Trinajstić information content (AvgIpc) is 3.49. The van der Waals surface area contributed by atoms with E-state index in [1.165, 1.54) is 24.3 Å². The van der Waals surface area contributed by atoms with Gasteiger partial charge >= 0.3 is 0 Å². The number of halogens is 3. The van der Waals surface area contributed by atoms with Crippen molar-refractivity contribution in [3.8, 4) is 17.0 Å². The van der Waals surface area contributed by atoms with Crippen LogP contribution in [0.3, 0.4) is 0 Å². The van der Waals surface area contributed by atoms with E-state index in [0.29, 0.717) is 29.6 Å². The summed E-state index contributed by atoms with van der Waals surface area (Å²) in [6, 6.07) is 8.05. The predicted molar refractivity (Wildman–Crippen MR) is 119 cm³/mol. The largest absolute Gasteiger partial charge is 0.508 e. The molecule has 1 aromatic heterocycles. The molecule has 0 radical (unpaired) electrons. The Balaban J connectivity index is 1.21. The van der Waals surface area contributed by atoms with E-state index < -0.39 is 11.7 Å². The number of aromatic hydroxyl groups is 1. The van der Waals surface area contributed by atoms with Crippen molar-refractivity contribution < 1.29 is 18.7 Å². The molecule has 2 heterocycles. The summed E-state index contributed by atoms with van der Waals surface area (Å²) in [5.74, 6) is -1.06. The highest BCUT2D eigenvalue weighted by atomic mass is 35.5. The van der Waals surface area contributed by atoms with Gasteiger partial charge in [0.25, 0.3) is 5.91 Å². The standard InChI is InChI=1S/C25H22ClF2N3O2/c26-21-5-3-15(27)7-18(21)23-20(14-1-2-14)11-29-31(23)16-9-25(10-16)12-30(13-25)24(33)19-8-17(32)4-6-22(19)28/h3-8,11,14,16,32H,1-2,9-10,12-13H2. The zero-order valence-corrected chi connectivity index (χ0v) is 18.5. The van der Waals surface area contributed by atoms with Crippen molar-refractivity contribution in [1.29, 1.82) is 0 Å². The second-order valence-electron chi connectivity index (χ2n) is 9.68. The summed E-state index contributed by atoms with van der Waals surface area (Å²) in [4.78, 5) is 14.3. The van der Waals surface area contributed by atoms with Gasteiger partial charge in [0.05, 0.1) is 28.5 Å². The fraction of sp³-hybridized carbons (Fsp3) is 0.360. The van der Waals surface area contributed by atoms with E-state index in [1.807, 2.05) is 10.9 Å². The lowest BCUT2D eigenvalue weighted by Crippen LogP contribution is -2.64. The fourth-order valence-electron chi connectivity index (χ4n) is 5.43. The maximum atomic E-state index is 14.0. The summed E-state index contributed by atoms with van der Waals surface area (Å²) in [5, 5.41) is 14.8. The maximum Gasteiger partial charge on any atom is 0.257 e. The highest BCUT2D eigenvalue weighted by Gasteiger charge is 2.55. The Morgan fingerprint density at radius 1 is 1.12 bits per heavy atom. The van der Waals surface area contributed by atoms with Crippen LogP contribution in [0.2, 0.25) is 5.02 Å². The van der Waals surface area contributed by atoms with E-state index in [9.17, 15) is 18.7 Å². The summed E-state index contributed by atoms with van der Waals surface area (Å²) in [6.07, 6.45) is 5.77. The van der Waals surface area contributed by atoms with Crippen LogP contribution in [0.15, 0.2) is 42.6 Å². The molecule has 0 atom stereocenters. The summed E-state index contributed by atoms with van der Waals surface area (Å²) in [5.41, 5.74) is 2.57. The molecule has 2 aromatic carbocycles. The number of likely N-dealkylation sites (tertiary alicyclic amines) is 1. The van der Waals surface area contributed by atoms with Gasteiger partial charge in [-0.1, -0.05) is 11.6 Å². The van der Waals surface area contributed by atoms with Crippen LogP contribution >= 0.6 is 11.6 Å². The number of carbonyl (C=O) groups excluding carboxylic acids is 1. The molecule has 3 aromatic rings. The average molecular weight is 470 g/mol. The van der Waals surface area contributed by atoms with Crippen molar-refractivity contribution in [2.75, 3.05) is 13.1 Å². The molecule has 0 bridgehead atoms. The minimum atomic E-state index is -0.633. The lowest BCUT2D eigenvalue weighted by molar-refractivity contribution is -0.0735. The minimum Gasteiger partial charge on any atom is -0.508 e. The van der Waals surface area contributed by atoms with Crippen molar-refractivity contribution in [1.82, 2.24) is 14.7 Å². The Morgan fingerprint density at radius 2 is 1.88 bits per heavy atom. The second kappa shape index (κ2) is 7.29. The number of phenolic OH excluding ortho intramolecular Hbond substituents is 1. The quantitative estimate of drug-likeness (QED) is 0.545. The number of amides is 1. The Bertz CT molecular complexity index is 1270. The molecule has 5 nitrogen and oxygen atoms in total. The normalized spacial score (nSPS) is 19.4. The number of hydrogen-bond donors (Lipinski definition) is 1. The number of hydrogen-bond acceptors (Lipinski definition) is 3. The molecule has 1 spiro atoms. The molecule has 1 saturated heterocycles. The molecular formula is C25H22ClF2N3O2. The fourth-order valence-corrected chi connectivity index (χ4v) is 5.64. The van der Waals surface area contributed by atoms with E-state index in [2.05, 4.69) is 5.10 Å². The molecule has 1 amide bonds. The highest BCUT2D eigenvalue weighted by molar-refractivity contribution is 6.33. The van der Waals surface area contributed by atoms with Crippen molar-refractivity contribution in [3.05, 3.63) is 70.4 Å². The molecule has 6 rings (SSSR count). The first-order chi connectivity index (χ1) is 15.8. The summed E-state index contributed by atoms with van der Waals surface area (Å²) >= 11 is 6.45. The zero-order chi connectivity index (χ0) is 22.9. The van der Waals surface area contributed by atoms with Gasteiger partial charge < -0.3 is 10.0 Å². The number of phenols is 1. The predicted octanol–water partition coefficient (Wildman–Crippen LogP) is 5.54. The van der Waals surface area contributed by atoms with Crippen molar-refractivity contribution in [2.24, 2.45) is 5.41 Å². The van der Waals surface area contributed by atoms with Crippen LogP contribution in [0.1, 0.15) is 53.6 Å². The molecular weight excluding hydrogens is 448 g/mol. The Labute approximate surface area is 194 Å². The van der Waals surface area contributed by atoms with Crippen molar-refractivity contribution >= 4 is 17.5 Å². The van der Waals surface area contributed by atoms with Crippen LogP contribution in [-0.2, 0) is 0 Å². The molecule has 3 aliphatic rings. The number of aromatic nitrogens is 2. The summed E-state index contributed by atoms with van der Waals surface area (Å²) in [6.45, 7) is 1.09. The van der Waals surface area contributed by atoms with Gasteiger partial charge in [0.15, 0.2) is 0 Å². The molecule has 8 heteroatoms. The number of benzene rings is 2.